The zero-order valence-corrected chi connectivity index (χ0v) is 17.0. The summed E-state index contributed by atoms with van der Waals surface area (Å²) in [4.78, 5) is 26.0. The van der Waals surface area contributed by atoms with Crippen LogP contribution < -0.4 is 15.6 Å². The number of carbonyl (C=O) groups is 1. The molecule has 1 spiro atoms. The molecule has 1 N–H and O–H groups in total. The smallest absolute Gasteiger partial charge is 0.275 e. The molecular formula is C24H25N3O3. The van der Waals surface area contributed by atoms with Crippen molar-refractivity contribution in [1.29, 1.82) is 0 Å². The Morgan fingerprint density at radius 1 is 1.17 bits per heavy atom. The fraction of sp³-hybridized carbons (Fsp3) is 0.375. The van der Waals surface area contributed by atoms with E-state index in [4.69, 9.17) is 4.74 Å². The molecule has 6 nitrogen and oxygen atoms in total. The largest absolute Gasteiger partial charge is 0.487 e. The van der Waals surface area contributed by atoms with Crippen LogP contribution in [0.3, 0.4) is 0 Å². The Morgan fingerprint density at radius 3 is 2.73 bits per heavy atom. The van der Waals surface area contributed by atoms with Gasteiger partial charge in [-0.3, -0.25) is 9.59 Å². The molecule has 0 radical (unpaired) electrons. The van der Waals surface area contributed by atoms with Crippen LogP contribution in [0.15, 0.2) is 59.5 Å². The predicted octanol–water partition coefficient (Wildman–Crippen LogP) is 3.91. The first-order valence-corrected chi connectivity index (χ1v) is 10.6. The third-order valence-corrected chi connectivity index (χ3v) is 6.50. The van der Waals surface area contributed by atoms with Crippen molar-refractivity contribution in [2.24, 2.45) is 0 Å². The van der Waals surface area contributed by atoms with E-state index in [9.17, 15) is 9.59 Å². The molecule has 154 valence electrons. The van der Waals surface area contributed by atoms with E-state index in [0.29, 0.717) is 5.39 Å². The molecule has 6 heteroatoms. The van der Waals surface area contributed by atoms with E-state index in [0.717, 1.165) is 48.8 Å². The summed E-state index contributed by atoms with van der Waals surface area (Å²) >= 11 is 0. The van der Waals surface area contributed by atoms with Gasteiger partial charge in [-0.15, -0.1) is 0 Å². The average molecular weight is 403 g/mol. The third kappa shape index (κ3) is 3.16. The van der Waals surface area contributed by atoms with Crippen molar-refractivity contribution in [2.75, 3.05) is 0 Å². The average Bonchev–Trinajstić information content (AvgIpc) is 3.21. The summed E-state index contributed by atoms with van der Waals surface area (Å²) in [6, 6.07) is 14.4. The summed E-state index contributed by atoms with van der Waals surface area (Å²) in [5, 5.41) is 8.77. The maximum absolute atomic E-state index is 13.2. The second-order valence-electron chi connectivity index (χ2n) is 8.45. The summed E-state index contributed by atoms with van der Waals surface area (Å²) < 4.78 is 7.66. The highest BCUT2D eigenvalue weighted by atomic mass is 16.5. The quantitative estimate of drug-likeness (QED) is 0.720. The van der Waals surface area contributed by atoms with Gasteiger partial charge in [0, 0.05) is 17.4 Å². The number of benzene rings is 2. The van der Waals surface area contributed by atoms with Crippen LogP contribution in [0.1, 0.15) is 56.7 Å². The van der Waals surface area contributed by atoms with Crippen LogP contribution in [0.25, 0.3) is 10.8 Å². The van der Waals surface area contributed by atoms with Crippen molar-refractivity contribution in [3.8, 4) is 5.75 Å². The lowest BCUT2D eigenvalue weighted by molar-refractivity contribution is -0.125. The minimum absolute atomic E-state index is 0.140. The van der Waals surface area contributed by atoms with E-state index in [1.165, 1.54) is 4.68 Å². The molecule has 30 heavy (non-hydrogen) atoms. The summed E-state index contributed by atoms with van der Waals surface area (Å²) in [5.74, 6) is 0.638. The van der Waals surface area contributed by atoms with Gasteiger partial charge >= 0.3 is 0 Å². The molecular weight excluding hydrogens is 378 g/mol. The number of amides is 1. The fourth-order valence-corrected chi connectivity index (χ4v) is 4.86. The Hall–Kier alpha value is -3.15. The van der Waals surface area contributed by atoms with E-state index >= 15 is 0 Å². The summed E-state index contributed by atoms with van der Waals surface area (Å²) in [6.45, 7) is 1.72. The Balaban J connectivity index is 1.43. The first kappa shape index (κ1) is 18.9. The van der Waals surface area contributed by atoms with Gasteiger partial charge in [0.2, 0.25) is 5.91 Å². The predicted molar refractivity (Wildman–Crippen MR) is 114 cm³/mol. The number of ether oxygens (including phenoxy) is 1. The molecule has 0 saturated heterocycles. The maximum Gasteiger partial charge on any atom is 0.275 e. The molecule has 1 aliphatic carbocycles. The van der Waals surface area contributed by atoms with Crippen molar-refractivity contribution in [2.45, 2.75) is 56.7 Å². The second-order valence-corrected chi connectivity index (χ2v) is 8.45. The highest BCUT2D eigenvalue weighted by Gasteiger charge is 2.43. The summed E-state index contributed by atoms with van der Waals surface area (Å²) in [7, 11) is 0. The fourth-order valence-electron chi connectivity index (χ4n) is 4.86. The van der Waals surface area contributed by atoms with Gasteiger partial charge in [-0.25, -0.2) is 4.68 Å². The molecule has 1 amide bonds. The van der Waals surface area contributed by atoms with Crippen LogP contribution in [0.4, 0.5) is 0 Å². The van der Waals surface area contributed by atoms with Crippen molar-refractivity contribution in [1.82, 2.24) is 15.1 Å². The number of carbonyl (C=O) groups excluding carboxylic acids is 1. The zero-order valence-electron chi connectivity index (χ0n) is 17.0. The minimum atomic E-state index is -0.711. The number of nitrogens with zero attached hydrogens (tertiary/aromatic N) is 2. The summed E-state index contributed by atoms with van der Waals surface area (Å²) in [6.07, 6.45) is 6.70. The number of hydrogen-bond donors (Lipinski definition) is 1. The normalized spacial score (nSPS) is 20.5. The van der Waals surface area contributed by atoms with E-state index in [1.807, 2.05) is 42.5 Å². The molecule has 3 aromatic rings. The number of nitrogens with one attached hydrogen (secondary N) is 1. The standard InChI is InChI=1S/C24H25N3O3/c1-16(27-23(29)18-9-3-2-8-17(18)15-25-27)22(28)26-20-14-24(12-6-7-13-24)30-21-11-5-4-10-19(20)21/h2-5,8-11,15-16,20H,6-7,12-14H2,1H3,(H,26,28)/t16-,20-/m0/s1. The maximum atomic E-state index is 13.2. The van der Waals surface area contributed by atoms with Gasteiger partial charge in [0.1, 0.15) is 17.4 Å². The molecule has 5 rings (SSSR count). The molecule has 2 aliphatic rings. The van der Waals surface area contributed by atoms with Crippen molar-refractivity contribution in [3.05, 3.63) is 70.6 Å². The third-order valence-electron chi connectivity index (χ3n) is 6.50. The van der Waals surface area contributed by atoms with Crippen LogP contribution in [0.2, 0.25) is 0 Å². The Morgan fingerprint density at radius 2 is 1.90 bits per heavy atom. The van der Waals surface area contributed by atoms with Gasteiger partial charge in [0.25, 0.3) is 5.56 Å². The van der Waals surface area contributed by atoms with Crippen LogP contribution in [0.5, 0.6) is 5.75 Å². The minimum Gasteiger partial charge on any atom is -0.487 e. The molecule has 1 fully saturated rings. The number of hydrogen-bond acceptors (Lipinski definition) is 4. The van der Waals surface area contributed by atoms with Crippen LogP contribution >= 0.6 is 0 Å². The van der Waals surface area contributed by atoms with Gasteiger partial charge in [0.15, 0.2) is 0 Å². The second kappa shape index (κ2) is 7.27. The van der Waals surface area contributed by atoms with Gasteiger partial charge < -0.3 is 10.1 Å². The van der Waals surface area contributed by atoms with E-state index in [1.54, 1.807) is 19.2 Å². The molecule has 1 aromatic heterocycles. The first-order chi connectivity index (χ1) is 14.6. The van der Waals surface area contributed by atoms with Gasteiger partial charge in [-0.1, -0.05) is 36.4 Å². The van der Waals surface area contributed by atoms with Crippen molar-refractivity contribution in [3.63, 3.8) is 0 Å². The number of para-hydroxylation sites is 1. The van der Waals surface area contributed by atoms with E-state index < -0.39 is 6.04 Å². The molecule has 0 unspecified atom stereocenters. The molecule has 1 aliphatic heterocycles. The van der Waals surface area contributed by atoms with Crippen LogP contribution in [-0.2, 0) is 4.79 Å². The lowest BCUT2D eigenvalue weighted by Gasteiger charge is -2.40. The highest BCUT2D eigenvalue weighted by Crippen LogP contribution is 2.47. The van der Waals surface area contributed by atoms with Gasteiger partial charge in [-0.05, 0) is 44.7 Å². The topological polar surface area (TPSA) is 73.2 Å². The number of fused-ring (bicyclic) bond motifs is 2. The van der Waals surface area contributed by atoms with Gasteiger partial charge in [-0.2, -0.15) is 5.10 Å². The monoisotopic (exact) mass is 403 g/mol. The van der Waals surface area contributed by atoms with E-state index in [2.05, 4.69) is 10.4 Å². The molecule has 1 saturated carbocycles. The van der Waals surface area contributed by atoms with Crippen molar-refractivity contribution < 1.29 is 9.53 Å². The molecule has 2 heterocycles. The van der Waals surface area contributed by atoms with Crippen LogP contribution in [-0.4, -0.2) is 21.3 Å². The molecule has 2 atom stereocenters. The number of aromatic nitrogens is 2. The Bertz CT molecular complexity index is 1160. The highest BCUT2D eigenvalue weighted by molar-refractivity contribution is 5.83. The van der Waals surface area contributed by atoms with Crippen molar-refractivity contribution >= 4 is 16.7 Å². The first-order valence-electron chi connectivity index (χ1n) is 10.6. The van der Waals surface area contributed by atoms with E-state index in [-0.39, 0.29) is 23.1 Å². The number of rotatable bonds is 3. The zero-order chi connectivity index (χ0) is 20.7. The summed E-state index contributed by atoms with van der Waals surface area (Å²) in [5.41, 5.74) is 0.540. The molecule has 0 bridgehead atoms. The van der Waals surface area contributed by atoms with Gasteiger partial charge in [0.05, 0.1) is 17.6 Å². The SMILES string of the molecule is C[C@@H](C(=O)N[C@H]1CC2(CCCC2)Oc2ccccc21)n1ncc2ccccc2c1=O. The molecule has 2 aromatic carbocycles. The Kier molecular flexibility index (Phi) is 4.57. The lowest BCUT2D eigenvalue weighted by atomic mass is 9.86. The van der Waals surface area contributed by atoms with Crippen LogP contribution in [0, 0.1) is 0 Å². The lowest BCUT2D eigenvalue weighted by Crippen LogP contribution is -2.45. The Labute approximate surface area is 174 Å².